The van der Waals surface area contributed by atoms with Gasteiger partial charge in [-0.15, -0.1) is 0 Å². The van der Waals surface area contributed by atoms with E-state index < -0.39 is 24.9 Å². The van der Waals surface area contributed by atoms with Crippen molar-refractivity contribution in [3.8, 4) is 11.6 Å². The van der Waals surface area contributed by atoms with Crippen molar-refractivity contribution in [3.63, 3.8) is 0 Å². The fraction of sp³-hybridized carbons (Fsp3) is 0.312. The zero-order valence-corrected chi connectivity index (χ0v) is 14.3. The Kier molecular flexibility index (Phi) is 6.62. The van der Waals surface area contributed by atoms with Crippen LogP contribution in [0.3, 0.4) is 0 Å². The van der Waals surface area contributed by atoms with Crippen molar-refractivity contribution in [3.05, 3.63) is 47.4 Å². The average Bonchev–Trinajstić information content (AvgIpc) is 2.58. The minimum atomic E-state index is -4.47. The van der Waals surface area contributed by atoms with Gasteiger partial charge in [0.2, 0.25) is 5.88 Å². The molecule has 140 valence electrons. The van der Waals surface area contributed by atoms with Gasteiger partial charge in [-0.2, -0.15) is 13.2 Å². The van der Waals surface area contributed by atoms with Gasteiger partial charge in [-0.3, -0.25) is 4.98 Å². The number of carbonyl (C=O) groups is 1. The van der Waals surface area contributed by atoms with Crippen LogP contribution in [0.15, 0.2) is 36.7 Å². The number of esters is 1. The molecule has 1 heterocycles. The highest BCUT2D eigenvalue weighted by Gasteiger charge is 2.28. The van der Waals surface area contributed by atoms with Crippen molar-refractivity contribution in [2.24, 2.45) is 0 Å². The summed E-state index contributed by atoms with van der Waals surface area (Å²) in [6.45, 7) is -0.269. The van der Waals surface area contributed by atoms with Gasteiger partial charge in [0.1, 0.15) is 11.9 Å². The SMILES string of the molecule is CC(OC(=O)COc1cccc(Cl)c1)c1cnc(OCC(F)(F)F)cn1. The van der Waals surface area contributed by atoms with E-state index in [4.69, 9.17) is 21.1 Å². The number of aromatic nitrogens is 2. The third kappa shape index (κ3) is 6.75. The van der Waals surface area contributed by atoms with Gasteiger partial charge in [0.25, 0.3) is 0 Å². The molecule has 0 radical (unpaired) electrons. The number of halogens is 4. The van der Waals surface area contributed by atoms with Crippen LogP contribution in [-0.4, -0.2) is 35.3 Å². The Morgan fingerprint density at radius 3 is 2.62 bits per heavy atom. The predicted octanol–water partition coefficient (Wildman–Crippen LogP) is 3.75. The normalized spacial score (nSPS) is 12.3. The summed E-state index contributed by atoms with van der Waals surface area (Å²) in [6.07, 6.45) is -3.05. The molecule has 0 saturated heterocycles. The molecule has 0 saturated carbocycles. The Labute approximate surface area is 151 Å². The Morgan fingerprint density at radius 2 is 2.00 bits per heavy atom. The first-order valence-electron chi connectivity index (χ1n) is 7.32. The minimum Gasteiger partial charge on any atom is -0.482 e. The van der Waals surface area contributed by atoms with Crippen LogP contribution in [0.25, 0.3) is 0 Å². The molecular formula is C16H14ClF3N2O4. The second kappa shape index (κ2) is 8.70. The summed E-state index contributed by atoms with van der Waals surface area (Å²) in [6, 6.07) is 6.51. The van der Waals surface area contributed by atoms with Crippen molar-refractivity contribution < 1.29 is 32.2 Å². The van der Waals surface area contributed by atoms with Crippen molar-refractivity contribution in [2.75, 3.05) is 13.2 Å². The molecule has 6 nitrogen and oxygen atoms in total. The van der Waals surface area contributed by atoms with Gasteiger partial charge in [-0.1, -0.05) is 17.7 Å². The van der Waals surface area contributed by atoms with Crippen molar-refractivity contribution in [2.45, 2.75) is 19.2 Å². The van der Waals surface area contributed by atoms with E-state index in [0.717, 1.165) is 6.20 Å². The summed E-state index contributed by atoms with van der Waals surface area (Å²) in [5, 5.41) is 0.465. The maximum atomic E-state index is 12.1. The van der Waals surface area contributed by atoms with Gasteiger partial charge in [0.15, 0.2) is 13.2 Å². The van der Waals surface area contributed by atoms with Crippen molar-refractivity contribution in [1.29, 1.82) is 0 Å². The highest BCUT2D eigenvalue weighted by molar-refractivity contribution is 6.30. The highest BCUT2D eigenvalue weighted by Crippen LogP contribution is 2.19. The number of ether oxygens (including phenoxy) is 3. The number of nitrogens with zero attached hydrogens (tertiary/aromatic N) is 2. The molecule has 26 heavy (non-hydrogen) atoms. The smallest absolute Gasteiger partial charge is 0.422 e. The summed E-state index contributed by atoms with van der Waals surface area (Å²) < 4.78 is 51.0. The third-order valence-electron chi connectivity index (χ3n) is 2.91. The molecule has 1 unspecified atom stereocenters. The topological polar surface area (TPSA) is 70.5 Å². The molecule has 0 aliphatic heterocycles. The number of hydrogen-bond donors (Lipinski definition) is 0. The zero-order chi connectivity index (χ0) is 19.2. The van der Waals surface area contributed by atoms with E-state index in [-0.39, 0.29) is 18.2 Å². The maximum absolute atomic E-state index is 12.1. The molecule has 0 aliphatic rings. The Morgan fingerprint density at radius 1 is 1.23 bits per heavy atom. The molecule has 0 aliphatic carbocycles. The molecule has 10 heteroatoms. The van der Waals surface area contributed by atoms with Gasteiger partial charge in [-0.25, -0.2) is 9.78 Å². The van der Waals surface area contributed by atoms with Gasteiger partial charge >= 0.3 is 12.1 Å². The Bertz CT molecular complexity index is 741. The van der Waals surface area contributed by atoms with Gasteiger partial charge in [0, 0.05) is 5.02 Å². The molecule has 0 fully saturated rings. The predicted molar refractivity (Wildman–Crippen MR) is 85.0 cm³/mol. The standard InChI is InChI=1S/C16H14ClF3N2O4/c1-10(13-6-22-14(7-21-13)25-9-16(18,19)20)26-15(23)8-24-12-4-2-3-11(17)5-12/h2-7,10H,8-9H2,1H3. The van der Waals surface area contributed by atoms with E-state index in [0.29, 0.717) is 10.8 Å². The van der Waals surface area contributed by atoms with E-state index in [1.807, 2.05) is 0 Å². The first-order chi connectivity index (χ1) is 12.2. The number of benzene rings is 1. The third-order valence-corrected chi connectivity index (χ3v) is 3.14. The molecular weight excluding hydrogens is 377 g/mol. The van der Waals surface area contributed by atoms with Crippen LogP contribution in [0.5, 0.6) is 11.6 Å². The van der Waals surface area contributed by atoms with Crippen molar-refractivity contribution >= 4 is 17.6 Å². The molecule has 1 aromatic carbocycles. The molecule has 0 spiro atoms. The monoisotopic (exact) mass is 390 g/mol. The lowest BCUT2D eigenvalue weighted by molar-refractivity contribution is -0.154. The van der Waals surface area contributed by atoms with Gasteiger partial charge in [-0.05, 0) is 25.1 Å². The summed E-state index contributed by atoms with van der Waals surface area (Å²) in [7, 11) is 0. The number of rotatable bonds is 7. The van der Waals surface area contributed by atoms with Gasteiger partial charge < -0.3 is 14.2 Å². The molecule has 0 amide bonds. The lowest BCUT2D eigenvalue weighted by Crippen LogP contribution is -2.20. The lowest BCUT2D eigenvalue weighted by Gasteiger charge is -2.13. The van der Waals surface area contributed by atoms with E-state index in [1.165, 1.54) is 13.1 Å². The second-order valence-electron chi connectivity index (χ2n) is 5.06. The van der Waals surface area contributed by atoms with Crippen LogP contribution in [-0.2, 0) is 9.53 Å². The quantitative estimate of drug-likeness (QED) is 0.670. The Balaban J connectivity index is 1.82. The van der Waals surface area contributed by atoms with E-state index >= 15 is 0 Å². The first-order valence-corrected chi connectivity index (χ1v) is 7.70. The molecule has 0 bridgehead atoms. The van der Waals surface area contributed by atoms with Crippen LogP contribution in [0.1, 0.15) is 18.7 Å². The fourth-order valence-electron chi connectivity index (χ4n) is 1.76. The largest absolute Gasteiger partial charge is 0.482 e. The summed E-state index contributed by atoms with van der Waals surface area (Å²) in [5.74, 6) is -0.529. The van der Waals surface area contributed by atoms with Crippen LogP contribution < -0.4 is 9.47 Å². The number of alkyl halides is 3. The summed E-state index contributed by atoms with van der Waals surface area (Å²) in [5.41, 5.74) is 0.250. The summed E-state index contributed by atoms with van der Waals surface area (Å²) in [4.78, 5) is 19.4. The van der Waals surface area contributed by atoms with Crippen LogP contribution in [0, 0.1) is 0 Å². The minimum absolute atomic E-state index is 0.250. The van der Waals surface area contributed by atoms with E-state index in [2.05, 4.69) is 14.7 Å². The van der Waals surface area contributed by atoms with E-state index in [1.54, 1.807) is 24.3 Å². The van der Waals surface area contributed by atoms with Crippen LogP contribution in [0.2, 0.25) is 5.02 Å². The first kappa shape index (κ1) is 19.8. The van der Waals surface area contributed by atoms with Crippen LogP contribution in [0.4, 0.5) is 13.2 Å². The fourth-order valence-corrected chi connectivity index (χ4v) is 1.94. The number of hydrogen-bond acceptors (Lipinski definition) is 6. The van der Waals surface area contributed by atoms with Crippen LogP contribution >= 0.6 is 11.6 Å². The molecule has 2 rings (SSSR count). The maximum Gasteiger partial charge on any atom is 0.422 e. The van der Waals surface area contributed by atoms with E-state index in [9.17, 15) is 18.0 Å². The zero-order valence-electron chi connectivity index (χ0n) is 13.5. The highest BCUT2D eigenvalue weighted by atomic mass is 35.5. The van der Waals surface area contributed by atoms with Gasteiger partial charge in [0.05, 0.1) is 18.1 Å². The number of carbonyl (C=O) groups excluding carboxylic acids is 1. The lowest BCUT2D eigenvalue weighted by atomic mass is 10.3. The molecule has 1 atom stereocenters. The second-order valence-corrected chi connectivity index (χ2v) is 5.50. The molecule has 1 aromatic heterocycles. The summed E-state index contributed by atoms with van der Waals surface area (Å²) >= 11 is 5.80. The Hall–Kier alpha value is -2.55. The average molecular weight is 391 g/mol. The molecule has 2 aromatic rings. The molecule has 0 N–H and O–H groups in total. The van der Waals surface area contributed by atoms with Crippen molar-refractivity contribution in [1.82, 2.24) is 9.97 Å².